The summed E-state index contributed by atoms with van der Waals surface area (Å²) in [5.41, 5.74) is 1.69. The summed E-state index contributed by atoms with van der Waals surface area (Å²) in [4.78, 5) is 32.5. The SMILES string of the molecule is COc1ccc(N2CCOCC2)c2sc(C(=O)NCC(=O)Cc3cccs3)nc12. The Morgan fingerprint density at radius 3 is 2.83 bits per heavy atom. The van der Waals surface area contributed by atoms with Crippen molar-refractivity contribution in [2.75, 3.05) is 44.9 Å². The van der Waals surface area contributed by atoms with Gasteiger partial charge in [-0.3, -0.25) is 9.59 Å². The van der Waals surface area contributed by atoms with Crippen LogP contribution >= 0.6 is 22.7 Å². The molecule has 0 bridgehead atoms. The van der Waals surface area contributed by atoms with Crippen molar-refractivity contribution in [1.29, 1.82) is 0 Å². The van der Waals surface area contributed by atoms with Crippen LogP contribution in [0.4, 0.5) is 5.69 Å². The number of morpholine rings is 1. The van der Waals surface area contributed by atoms with Gasteiger partial charge in [-0.25, -0.2) is 4.98 Å². The van der Waals surface area contributed by atoms with Crippen LogP contribution in [-0.4, -0.2) is 56.6 Å². The summed E-state index contributed by atoms with van der Waals surface area (Å²) in [5.74, 6) is 0.246. The van der Waals surface area contributed by atoms with Gasteiger partial charge in [0.25, 0.3) is 5.91 Å². The van der Waals surface area contributed by atoms with Gasteiger partial charge in [0.05, 0.1) is 37.3 Å². The second-order valence-corrected chi connectivity index (χ2v) is 8.59. The lowest BCUT2D eigenvalue weighted by molar-refractivity contribution is -0.117. The van der Waals surface area contributed by atoms with E-state index >= 15 is 0 Å². The van der Waals surface area contributed by atoms with E-state index in [4.69, 9.17) is 9.47 Å². The molecule has 1 amide bonds. The molecule has 0 aliphatic carbocycles. The minimum atomic E-state index is -0.347. The molecule has 1 saturated heterocycles. The number of thiophene rings is 1. The van der Waals surface area contributed by atoms with Crippen LogP contribution in [0.3, 0.4) is 0 Å². The zero-order chi connectivity index (χ0) is 20.2. The van der Waals surface area contributed by atoms with Crippen molar-refractivity contribution in [3.05, 3.63) is 39.5 Å². The first-order valence-electron chi connectivity index (χ1n) is 9.28. The monoisotopic (exact) mass is 431 g/mol. The normalized spacial score (nSPS) is 14.2. The fourth-order valence-electron chi connectivity index (χ4n) is 3.21. The quantitative estimate of drug-likeness (QED) is 0.620. The summed E-state index contributed by atoms with van der Waals surface area (Å²) in [5, 5.41) is 4.95. The number of benzene rings is 1. The number of ketones is 1. The Balaban J connectivity index is 1.52. The molecule has 3 heterocycles. The van der Waals surface area contributed by atoms with E-state index in [2.05, 4.69) is 15.2 Å². The Labute approximate surface area is 176 Å². The number of nitrogens with zero attached hydrogens (tertiary/aromatic N) is 2. The number of amides is 1. The van der Waals surface area contributed by atoms with E-state index in [1.54, 1.807) is 7.11 Å². The number of Topliss-reactive ketones (excluding diaryl/α,β-unsaturated/α-hetero) is 1. The number of hydrogen-bond acceptors (Lipinski definition) is 8. The highest BCUT2D eigenvalue weighted by atomic mass is 32.1. The van der Waals surface area contributed by atoms with Gasteiger partial charge in [0.15, 0.2) is 10.8 Å². The third-order valence-corrected chi connectivity index (χ3v) is 6.60. The Morgan fingerprint density at radius 2 is 2.10 bits per heavy atom. The van der Waals surface area contributed by atoms with Gasteiger partial charge in [-0.05, 0) is 23.6 Å². The molecule has 1 N–H and O–H groups in total. The molecule has 0 atom stereocenters. The van der Waals surface area contributed by atoms with Crippen LogP contribution in [0.2, 0.25) is 0 Å². The minimum absolute atomic E-state index is 0.0138. The second-order valence-electron chi connectivity index (χ2n) is 6.56. The lowest BCUT2D eigenvalue weighted by Crippen LogP contribution is -2.36. The summed E-state index contributed by atoms with van der Waals surface area (Å²) in [6.07, 6.45) is 0.326. The van der Waals surface area contributed by atoms with Crippen molar-refractivity contribution in [3.8, 4) is 5.75 Å². The number of aromatic nitrogens is 1. The zero-order valence-corrected chi connectivity index (χ0v) is 17.6. The van der Waals surface area contributed by atoms with Crippen molar-refractivity contribution in [1.82, 2.24) is 10.3 Å². The molecule has 2 aromatic heterocycles. The molecule has 29 heavy (non-hydrogen) atoms. The maximum atomic E-state index is 12.6. The number of anilines is 1. The average molecular weight is 432 g/mol. The number of methoxy groups -OCH3 is 1. The molecule has 152 valence electrons. The summed E-state index contributed by atoms with van der Waals surface area (Å²) in [7, 11) is 1.59. The average Bonchev–Trinajstić information content (AvgIpc) is 3.42. The highest BCUT2D eigenvalue weighted by Crippen LogP contribution is 2.37. The molecule has 0 spiro atoms. The van der Waals surface area contributed by atoms with Crippen LogP contribution in [0.25, 0.3) is 10.2 Å². The van der Waals surface area contributed by atoms with Crippen molar-refractivity contribution < 1.29 is 19.1 Å². The number of hydrogen-bond donors (Lipinski definition) is 1. The Morgan fingerprint density at radius 1 is 1.28 bits per heavy atom. The lowest BCUT2D eigenvalue weighted by atomic mass is 10.2. The fraction of sp³-hybridized carbons (Fsp3) is 0.350. The number of carbonyl (C=O) groups excluding carboxylic acids is 2. The molecule has 1 aliphatic heterocycles. The van der Waals surface area contributed by atoms with Gasteiger partial charge in [-0.15, -0.1) is 22.7 Å². The minimum Gasteiger partial charge on any atom is -0.494 e. The predicted molar refractivity (Wildman–Crippen MR) is 115 cm³/mol. The molecule has 9 heteroatoms. The lowest BCUT2D eigenvalue weighted by Gasteiger charge is -2.29. The number of nitrogens with one attached hydrogen (secondary N) is 1. The highest BCUT2D eigenvalue weighted by Gasteiger charge is 2.21. The first kappa shape index (κ1) is 19.8. The van der Waals surface area contributed by atoms with Gasteiger partial charge in [-0.2, -0.15) is 0 Å². The van der Waals surface area contributed by atoms with E-state index in [0.29, 0.717) is 35.9 Å². The van der Waals surface area contributed by atoms with Gasteiger partial charge in [0.2, 0.25) is 0 Å². The number of fused-ring (bicyclic) bond motifs is 1. The van der Waals surface area contributed by atoms with Crippen molar-refractivity contribution >= 4 is 50.3 Å². The molecule has 0 radical (unpaired) electrons. The molecule has 0 unspecified atom stereocenters. The molecule has 0 saturated carbocycles. The van der Waals surface area contributed by atoms with E-state index in [-0.39, 0.29) is 18.2 Å². The van der Waals surface area contributed by atoms with E-state index in [1.165, 1.54) is 22.7 Å². The van der Waals surface area contributed by atoms with Crippen LogP contribution in [0.15, 0.2) is 29.6 Å². The van der Waals surface area contributed by atoms with E-state index in [0.717, 1.165) is 28.4 Å². The standard InChI is InChI=1S/C20H21N3O4S2/c1-26-16-5-4-15(23-6-8-27-9-7-23)18-17(16)22-20(29-18)19(25)21-12-13(24)11-14-3-2-10-28-14/h2-5,10H,6-9,11-12H2,1H3,(H,21,25). The number of ether oxygens (including phenoxy) is 2. The fourth-order valence-corrected chi connectivity index (χ4v) is 4.98. The zero-order valence-electron chi connectivity index (χ0n) is 16.0. The predicted octanol–water partition coefficient (Wildman–Crippen LogP) is 2.74. The van der Waals surface area contributed by atoms with Crippen molar-refractivity contribution in [2.24, 2.45) is 0 Å². The van der Waals surface area contributed by atoms with Crippen LogP contribution in [0, 0.1) is 0 Å². The first-order chi connectivity index (χ1) is 14.2. The third-order valence-electron chi connectivity index (χ3n) is 4.65. The number of carbonyl (C=O) groups is 2. The molecular formula is C20H21N3O4S2. The first-order valence-corrected chi connectivity index (χ1v) is 11.0. The van der Waals surface area contributed by atoms with E-state index < -0.39 is 0 Å². The number of thiazole rings is 1. The molecule has 1 fully saturated rings. The van der Waals surface area contributed by atoms with Gasteiger partial charge in [-0.1, -0.05) is 6.07 Å². The largest absolute Gasteiger partial charge is 0.494 e. The maximum absolute atomic E-state index is 12.6. The molecule has 7 nitrogen and oxygen atoms in total. The summed E-state index contributed by atoms with van der Waals surface area (Å²) in [6.45, 7) is 2.91. The third kappa shape index (κ3) is 4.42. The van der Waals surface area contributed by atoms with Gasteiger partial charge in [0, 0.05) is 24.4 Å². The summed E-state index contributed by atoms with van der Waals surface area (Å²) in [6, 6.07) is 7.69. The smallest absolute Gasteiger partial charge is 0.280 e. The molecule has 4 rings (SSSR count). The molecular weight excluding hydrogens is 410 g/mol. The van der Waals surface area contributed by atoms with Gasteiger partial charge >= 0.3 is 0 Å². The van der Waals surface area contributed by atoms with Crippen molar-refractivity contribution in [3.63, 3.8) is 0 Å². The van der Waals surface area contributed by atoms with Gasteiger partial charge in [0.1, 0.15) is 11.3 Å². The second kappa shape index (κ2) is 8.89. The van der Waals surface area contributed by atoms with E-state index in [1.807, 2.05) is 29.6 Å². The molecule has 1 aromatic carbocycles. The Kier molecular flexibility index (Phi) is 6.08. The van der Waals surface area contributed by atoms with Crippen LogP contribution in [0.5, 0.6) is 5.75 Å². The highest BCUT2D eigenvalue weighted by molar-refractivity contribution is 7.21. The topological polar surface area (TPSA) is 80.8 Å². The maximum Gasteiger partial charge on any atom is 0.280 e. The summed E-state index contributed by atoms with van der Waals surface area (Å²) < 4.78 is 11.8. The summed E-state index contributed by atoms with van der Waals surface area (Å²) >= 11 is 2.85. The van der Waals surface area contributed by atoms with Crippen molar-refractivity contribution in [2.45, 2.75) is 6.42 Å². The molecule has 3 aromatic rings. The van der Waals surface area contributed by atoms with Crippen LogP contribution < -0.4 is 15.0 Å². The van der Waals surface area contributed by atoms with Crippen LogP contribution in [-0.2, 0) is 16.0 Å². The van der Waals surface area contributed by atoms with E-state index in [9.17, 15) is 9.59 Å². The Bertz CT molecular complexity index is 1010. The molecule has 1 aliphatic rings. The Hall–Kier alpha value is -2.49. The number of rotatable bonds is 7. The van der Waals surface area contributed by atoms with Gasteiger partial charge < -0.3 is 19.7 Å². The van der Waals surface area contributed by atoms with Crippen LogP contribution in [0.1, 0.15) is 14.7 Å².